The molecule has 0 amide bonds. The van der Waals surface area contributed by atoms with E-state index < -0.39 is 0 Å². The lowest BCUT2D eigenvalue weighted by atomic mass is 9.44. The Balaban J connectivity index is 0.00000308. The highest BCUT2D eigenvalue weighted by molar-refractivity contribution is 5.66. The van der Waals surface area contributed by atoms with E-state index in [1.165, 1.54) is 51.6 Å². The summed E-state index contributed by atoms with van der Waals surface area (Å²) in [6, 6.07) is 0.663. The molecule has 7 heteroatoms. The van der Waals surface area contributed by atoms with E-state index in [0.717, 1.165) is 56.6 Å². The summed E-state index contributed by atoms with van der Waals surface area (Å²) in [5.41, 5.74) is 0.343. The molecule has 0 bridgehead atoms. The van der Waals surface area contributed by atoms with Gasteiger partial charge in [0.05, 0.1) is 39.0 Å². The van der Waals surface area contributed by atoms with Crippen molar-refractivity contribution in [2.45, 2.75) is 103 Å². The van der Waals surface area contributed by atoms with Gasteiger partial charge in [0.25, 0.3) is 0 Å². The summed E-state index contributed by atoms with van der Waals surface area (Å²) >= 11 is 0. The van der Waals surface area contributed by atoms with E-state index in [0.29, 0.717) is 29.7 Å². The van der Waals surface area contributed by atoms with Crippen LogP contribution in [0, 0.1) is 34.5 Å². The second-order valence-corrected chi connectivity index (χ2v) is 14.6. The smallest absolute Gasteiger partial charge is 0.303 e. The predicted molar refractivity (Wildman–Crippen MR) is 148 cm³/mol. The van der Waals surface area contributed by atoms with Crippen molar-refractivity contribution < 1.29 is 40.8 Å². The zero-order chi connectivity index (χ0) is 26.7. The largest absolute Gasteiger partial charge is 1.00 e. The van der Waals surface area contributed by atoms with Crippen LogP contribution in [-0.4, -0.2) is 90.7 Å². The fourth-order valence-corrected chi connectivity index (χ4v) is 11.3. The maximum atomic E-state index is 12.5. The van der Waals surface area contributed by atoms with Crippen LogP contribution in [-0.2, 0) is 14.3 Å². The molecule has 0 aromatic heterocycles. The Bertz CT molecular complexity index is 905. The summed E-state index contributed by atoms with van der Waals surface area (Å²) in [6.07, 6.45) is 12.7. The van der Waals surface area contributed by atoms with Crippen molar-refractivity contribution in [2.75, 3.05) is 45.9 Å². The molecule has 6 rings (SSSR count). The van der Waals surface area contributed by atoms with Crippen molar-refractivity contribution in [3.05, 3.63) is 12.7 Å². The first-order chi connectivity index (χ1) is 18.2. The fraction of sp³-hybridized carbons (Fsp3) is 0.906. The van der Waals surface area contributed by atoms with E-state index in [1.54, 1.807) is 6.92 Å². The fourth-order valence-electron chi connectivity index (χ4n) is 11.3. The second kappa shape index (κ2) is 11.3. The van der Waals surface area contributed by atoms with Gasteiger partial charge in [-0.2, -0.15) is 0 Å². The summed E-state index contributed by atoms with van der Waals surface area (Å²) in [4.78, 5) is 15.0. The monoisotopic (exact) mass is 608 g/mol. The first-order valence-electron chi connectivity index (χ1n) is 15.9. The minimum Gasteiger partial charge on any atom is -1.00 e. The average molecular weight is 610 g/mol. The third-order valence-electron chi connectivity index (χ3n) is 13.1. The Labute approximate surface area is 247 Å². The number of ether oxygens (including phenoxy) is 2. The third kappa shape index (κ3) is 4.88. The normalized spacial score (nSPS) is 47.3. The molecule has 222 valence electrons. The van der Waals surface area contributed by atoms with Gasteiger partial charge in [0.2, 0.25) is 0 Å². The standard InChI is InChI=1S/C32H53N2O4.BrH/c1-5-14-34(15-6-7-16-34)28-20-26-24-9-8-23-19-29(36)27(33-12-17-37-18-13-33)21-32(23,4)25(24)10-11-31(26,3)30(28)38-22(2)35;/h5,23-30,36H,1,6-21H2,2-4H3;1H/q+1;/p-1/t23-,24+,25-,26-,27-,28-,29+,30-,31-,32-;/m0./s1. The van der Waals surface area contributed by atoms with Gasteiger partial charge >= 0.3 is 5.97 Å². The SMILES string of the molecule is C=CC[N+]1([C@H]2C[C@H]3[C@@H]4CC[C@H]5C[C@@H](O)[C@@H](N6CCOCC6)C[C@]5(C)[C@H]4CC[C@]3(C)[C@H]2OC(C)=O)CCCC1.[Br-]. The summed E-state index contributed by atoms with van der Waals surface area (Å²) < 4.78 is 13.1. The van der Waals surface area contributed by atoms with Gasteiger partial charge in [0.15, 0.2) is 6.10 Å². The molecule has 1 N–H and O–H groups in total. The van der Waals surface area contributed by atoms with Crippen molar-refractivity contribution in [1.29, 1.82) is 0 Å². The molecule has 6 fully saturated rings. The molecule has 10 atom stereocenters. The van der Waals surface area contributed by atoms with Crippen LogP contribution in [0.3, 0.4) is 0 Å². The van der Waals surface area contributed by atoms with Gasteiger partial charge in [-0.15, -0.1) is 0 Å². The van der Waals surface area contributed by atoms with Gasteiger partial charge in [0.1, 0.15) is 6.04 Å². The van der Waals surface area contributed by atoms with Crippen LogP contribution in [0.2, 0.25) is 0 Å². The number of carbonyl (C=O) groups is 1. The molecule has 4 aliphatic carbocycles. The van der Waals surface area contributed by atoms with Gasteiger partial charge in [-0.1, -0.05) is 20.4 Å². The summed E-state index contributed by atoms with van der Waals surface area (Å²) in [6.45, 7) is 17.7. The number of morpholine rings is 1. The number of hydrogen-bond donors (Lipinski definition) is 1. The molecule has 2 saturated heterocycles. The molecular formula is C32H53BrN2O4. The summed E-state index contributed by atoms with van der Waals surface area (Å²) in [5.74, 6) is 2.54. The molecule has 6 aliphatic rings. The van der Waals surface area contributed by atoms with Crippen LogP contribution >= 0.6 is 0 Å². The Morgan fingerprint density at radius 3 is 2.49 bits per heavy atom. The number of fused-ring (bicyclic) bond motifs is 5. The highest BCUT2D eigenvalue weighted by atomic mass is 79.9. The zero-order valence-corrected chi connectivity index (χ0v) is 26.2. The van der Waals surface area contributed by atoms with Gasteiger partial charge in [0, 0.05) is 50.7 Å². The zero-order valence-electron chi connectivity index (χ0n) is 24.7. The molecule has 4 saturated carbocycles. The Morgan fingerprint density at radius 1 is 1.10 bits per heavy atom. The molecule has 0 radical (unpaired) electrons. The van der Waals surface area contributed by atoms with Gasteiger partial charge in [-0.05, 0) is 73.7 Å². The number of nitrogens with zero attached hydrogens (tertiary/aromatic N) is 2. The summed E-state index contributed by atoms with van der Waals surface area (Å²) in [5, 5.41) is 11.3. The number of aliphatic hydroxyl groups is 1. The van der Waals surface area contributed by atoms with E-state index in [-0.39, 0.29) is 52.0 Å². The highest BCUT2D eigenvalue weighted by Crippen LogP contribution is 2.67. The van der Waals surface area contributed by atoms with Crippen molar-refractivity contribution in [3.8, 4) is 0 Å². The molecule has 0 aromatic carbocycles. The Kier molecular flexibility index (Phi) is 8.70. The predicted octanol–water partition coefficient (Wildman–Crippen LogP) is 1.41. The van der Waals surface area contributed by atoms with E-state index in [4.69, 9.17) is 9.47 Å². The lowest BCUT2D eigenvalue weighted by Gasteiger charge is -2.62. The maximum Gasteiger partial charge on any atom is 0.303 e. The Morgan fingerprint density at radius 2 is 1.82 bits per heavy atom. The number of esters is 1. The van der Waals surface area contributed by atoms with Crippen LogP contribution in [0.5, 0.6) is 0 Å². The molecule has 0 aromatic rings. The molecule has 0 unspecified atom stereocenters. The van der Waals surface area contributed by atoms with E-state index in [9.17, 15) is 9.90 Å². The molecule has 2 heterocycles. The lowest BCUT2D eigenvalue weighted by molar-refractivity contribution is -0.937. The number of likely N-dealkylation sites (tertiary alicyclic amines) is 1. The van der Waals surface area contributed by atoms with E-state index in [1.807, 2.05) is 0 Å². The van der Waals surface area contributed by atoms with Gasteiger partial charge in [-0.25, -0.2) is 0 Å². The third-order valence-corrected chi connectivity index (χ3v) is 13.1. The minimum absolute atomic E-state index is 0. The van der Waals surface area contributed by atoms with Crippen LogP contribution in [0.15, 0.2) is 12.7 Å². The number of quaternary nitrogens is 1. The lowest BCUT2D eigenvalue weighted by Crippen LogP contribution is -3.00. The van der Waals surface area contributed by atoms with Crippen LogP contribution in [0.1, 0.15) is 78.6 Å². The van der Waals surface area contributed by atoms with Crippen molar-refractivity contribution >= 4 is 5.97 Å². The van der Waals surface area contributed by atoms with Crippen molar-refractivity contribution in [2.24, 2.45) is 34.5 Å². The van der Waals surface area contributed by atoms with Gasteiger partial charge < -0.3 is 36.0 Å². The minimum atomic E-state index is -0.209. The quantitative estimate of drug-likeness (QED) is 0.291. The van der Waals surface area contributed by atoms with Crippen molar-refractivity contribution in [1.82, 2.24) is 4.90 Å². The number of rotatable bonds is 5. The molecule has 0 spiro atoms. The number of carbonyl (C=O) groups excluding carboxylic acids is 1. The van der Waals surface area contributed by atoms with Crippen LogP contribution in [0.4, 0.5) is 0 Å². The maximum absolute atomic E-state index is 12.5. The van der Waals surface area contributed by atoms with Crippen LogP contribution in [0.25, 0.3) is 0 Å². The second-order valence-electron chi connectivity index (χ2n) is 14.6. The average Bonchev–Trinajstić information content (AvgIpc) is 3.48. The van der Waals surface area contributed by atoms with Gasteiger partial charge in [-0.3, -0.25) is 9.69 Å². The molecule has 6 nitrogen and oxygen atoms in total. The van der Waals surface area contributed by atoms with Crippen molar-refractivity contribution in [3.63, 3.8) is 0 Å². The van der Waals surface area contributed by atoms with Crippen LogP contribution < -0.4 is 17.0 Å². The topological polar surface area (TPSA) is 59.0 Å². The number of aliphatic hydroxyl groups excluding tert-OH is 1. The number of hydrogen-bond acceptors (Lipinski definition) is 5. The number of halogens is 1. The Hall–Kier alpha value is -0.470. The molecule has 2 aliphatic heterocycles. The molecular weight excluding hydrogens is 556 g/mol. The van der Waals surface area contributed by atoms with E-state index in [2.05, 4.69) is 31.4 Å². The summed E-state index contributed by atoms with van der Waals surface area (Å²) in [7, 11) is 0. The first kappa shape index (κ1) is 30.0. The highest BCUT2D eigenvalue weighted by Gasteiger charge is 2.67. The molecule has 39 heavy (non-hydrogen) atoms. The first-order valence-corrected chi connectivity index (χ1v) is 15.9. The van der Waals surface area contributed by atoms with E-state index >= 15 is 0 Å².